The molecule has 0 bridgehead atoms. The van der Waals surface area contributed by atoms with Gasteiger partial charge in [0.25, 0.3) is 0 Å². The van der Waals surface area contributed by atoms with Gasteiger partial charge < -0.3 is 10.2 Å². The molecule has 0 unspecified atom stereocenters. The molecule has 1 fully saturated rings. The summed E-state index contributed by atoms with van der Waals surface area (Å²) in [4.78, 5) is 25.6. The lowest BCUT2D eigenvalue weighted by molar-refractivity contribution is -0.129. The second-order valence-corrected chi connectivity index (χ2v) is 5.95. The largest absolute Gasteiger partial charge is 0.339 e. The maximum Gasteiger partial charge on any atom is 0.229 e. The highest BCUT2D eigenvalue weighted by atomic mass is 79.9. The van der Waals surface area contributed by atoms with Crippen molar-refractivity contribution in [3.8, 4) is 0 Å². The average Bonchev–Trinajstić information content (AvgIpc) is 2.74. The van der Waals surface area contributed by atoms with E-state index >= 15 is 0 Å². The summed E-state index contributed by atoms with van der Waals surface area (Å²) in [5, 5.41) is 2.85. The molecule has 0 saturated carbocycles. The Morgan fingerprint density at radius 1 is 1.37 bits per heavy atom. The fourth-order valence-corrected chi connectivity index (χ4v) is 2.45. The lowest BCUT2D eigenvalue weighted by atomic mass is 10.1. The molecule has 1 heterocycles. The number of carbonyl (C=O) groups is 2. The van der Waals surface area contributed by atoms with E-state index in [0.717, 1.165) is 10.2 Å². The number of anilines is 1. The third-order valence-electron chi connectivity index (χ3n) is 3.26. The SMILES string of the molecule is CC(C)N1C[C@@H](C(=O)Nc2ccc(Br)cc2)CC1=O. The fraction of sp³-hybridized carbons (Fsp3) is 0.429. The summed E-state index contributed by atoms with van der Waals surface area (Å²) in [7, 11) is 0. The van der Waals surface area contributed by atoms with Gasteiger partial charge in [-0.05, 0) is 38.1 Å². The van der Waals surface area contributed by atoms with Crippen LogP contribution in [-0.2, 0) is 9.59 Å². The molecule has 0 aliphatic carbocycles. The molecule has 0 radical (unpaired) electrons. The fourth-order valence-electron chi connectivity index (χ4n) is 2.18. The van der Waals surface area contributed by atoms with Crippen molar-refractivity contribution in [1.29, 1.82) is 0 Å². The highest BCUT2D eigenvalue weighted by Crippen LogP contribution is 2.22. The molecule has 1 aliphatic heterocycles. The number of rotatable bonds is 3. The number of carbonyl (C=O) groups excluding carboxylic acids is 2. The highest BCUT2D eigenvalue weighted by Gasteiger charge is 2.35. The van der Waals surface area contributed by atoms with Gasteiger partial charge in [-0.3, -0.25) is 9.59 Å². The van der Waals surface area contributed by atoms with Crippen LogP contribution < -0.4 is 5.32 Å². The Hall–Kier alpha value is -1.36. The minimum Gasteiger partial charge on any atom is -0.339 e. The molecule has 1 aromatic carbocycles. The Balaban J connectivity index is 1.98. The number of hydrogen-bond donors (Lipinski definition) is 1. The lowest BCUT2D eigenvalue weighted by Crippen LogP contribution is -2.33. The molecule has 1 atom stereocenters. The van der Waals surface area contributed by atoms with E-state index in [-0.39, 0.29) is 23.8 Å². The average molecular weight is 325 g/mol. The standard InChI is InChI=1S/C14H17BrN2O2/c1-9(2)17-8-10(7-13(17)18)14(19)16-12-5-3-11(15)4-6-12/h3-6,9-10H,7-8H2,1-2H3,(H,16,19)/t10-/m0/s1. The van der Waals surface area contributed by atoms with Gasteiger partial charge >= 0.3 is 0 Å². The van der Waals surface area contributed by atoms with Crippen LogP contribution in [0, 0.1) is 5.92 Å². The molecule has 0 aromatic heterocycles. The molecular formula is C14H17BrN2O2. The van der Waals surface area contributed by atoms with Crippen molar-refractivity contribution in [2.24, 2.45) is 5.92 Å². The van der Waals surface area contributed by atoms with Crippen molar-refractivity contribution in [1.82, 2.24) is 4.90 Å². The quantitative estimate of drug-likeness (QED) is 0.929. The third-order valence-corrected chi connectivity index (χ3v) is 3.79. The van der Waals surface area contributed by atoms with Crippen LogP contribution in [0.25, 0.3) is 0 Å². The van der Waals surface area contributed by atoms with E-state index in [1.807, 2.05) is 38.1 Å². The maximum atomic E-state index is 12.1. The molecule has 5 heteroatoms. The van der Waals surface area contributed by atoms with E-state index in [2.05, 4.69) is 21.2 Å². The first-order valence-corrected chi connectivity index (χ1v) is 7.12. The summed E-state index contributed by atoms with van der Waals surface area (Å²) in [6, 6.07) is 7.56. The number of benzene rings is 1. The van der Waals surface area contributed by atoms with Gasteiger partial charge in [-0.2, -0.15) is 0 Å². The zero-order chi connectivity index (χ0) is 14.0. The van der Waals surface area contributed by atoms with Crippen molar-refractivity contribution in [2.75, 3.05) is 11.9 Å². The number of nitrogens with zero attached hydrogens (tertiary/aromatic N) is 1. The van der Waals surface area contributed by atoms with Crippen molar-refractivity contribution >= 4 is 33.4 Å². The summed E-state index contributed by atoms with van der Waals surface area (Å²) in [6.45, 7) is 4.44. The van der Waals surface area contributed by atoms with Crippen molar-refractivity contribution in [3.05, 3.63) is 28.7 Å². The first kappa shape index (κ1) is 14.1. The minimum absolute atomic E-state index is 0.0611. The summed E-state index contributed by atoms with van der Waals surface area (Å²) in [6.07, 6.45) is 0.306. The van der Waals surface area contributed by atoms with E-state index in [9.17, 15) is 9.59 Å². The van der Waals surface area contributed by atoms with Crippen molar-refractivity contribution in [3.63, 3.8) is 0 Å². The van der Waals surface area contributed by atoms with Crippen LogP contribution in [0.4, 0.5) is 5.69 Å². The van der Waals surface area contributed by atoms with Gasteiger partial charge in [-0.15, -0.1) is 0 Å². The van der Waals surface area contributed by atoms with E-state index in [4.69, 9.17) is 0 Å². The Morgan fingerprint density at radius 2 is 2.00 bits per heavy atom. The molecule has 1 N–H and O–H groups in total. The highest BCUT2D eigenvalue weighted by molar-refractivity contribution is 9.10. The molecule has 2 amide bonds. The maximum absolute atomic E-state index is 12.1. The minimum atomic E-state index is -0.251. The molecule has 1 aromatic rings. The summed E-state index contributed by atoms with van der Waals surface area (Å²) >= 11 is 3.35. The van der Waals surface area contributed by atoms with E-state index in [0.29, 0.717) is 13.0 Å². The van der Waals surface area contributed by atoms with Gasteiger partial charge in [0.2, 0.25) is 11.8 Å². The number of likely N-dealkylation sites (tertiary alicyclic amines) is 1. The lowest BCUT2D eigenvalue weighted by Gasteiger charge is -2.20. The van der Waals surface area contributed by atoms with Gasteiger partial charge in [0.05, 0.1) is 5.92 Å². The zero-order valence-corrected chi connectivity index (χ0v) is 12.6. The smallest absolute Gasteiger partial charge is 0.229 e. The third kappa shape index (κ3) is 3.35. The van der Waals surface area contributed by atoms with Crippen LogP contribution in [0.5, 0.6) is 0 Å². The number of nitrogens with one attached hydrogen (secondary N) is 1. The normalized spacial score (nSPS) is 19.1. The zero-order valence-electron chi connectivity index (χ0n) is 11.0. The molecule has 1 saturated heterocycles. The molecule has 1 aliphatic rings. The van der Waals surface area contributed by atoms with Crippen LogP contribution in [0.15, 0.2) is 28.7 Å². The van der Waals surface area contributed by atoms with Crippen LogP contribution in [-0.4, -0.2) is 29.3 Å². The predicted molar refractivity (Wildman–Crippen MR) is 77.7 cm³/mol. The van der Waals surface area contributed by atoms with Crippen LogP contribution >= 0.6 is 15.9 Å². The number of halogens is 1. The Kier molecular flexibility index (Phi) is 4.24. The van der Waals surface area contributed by atoms with E-state index < -0.39 is 0 Å². The molecular weight excluding hydrogens is 308 g/mol. The molecule has 4 nitrogen and oxygen atoms in total. The van der Waals surface area contributed by atoms with Gasteiger partial charge in [0.15, 0.2) is 0 Å². The van der Waals surface area contributed by atoms with Crippen LogP contribution in [0.2, 0.25) is 0 Å². The van der Waals surface area contributed by atoms with Gasteiger partial charge in [0, 0.05) is 29.2 Å². The van der Waals surface area contributed by atoms with Gasteiger partial charge in [-0.25, -0.2) is 0 Å². The van der Waals surface area contributed by atoms with Crippen LogP contribution in [0.3, 0.4) is 0 Å². The summed E-state index contributed by atoms with van der Waals surface area (Å²) in [5.41, 5.74) is 0.753. The summed E-state index contributed by atoms with van der Waals surface area (Å²) in [5.74, 6) is -0.275. The molecule has 19 heavy (non-hydrogen) atoms. The Bertz CT molecular complexity index is 485. The number of amides is 2. The molecule has 102 valence electrons. The number of hydrogen-bond acceptors (Lipinski definition) is 2. The second kappa shape index (κ2) is 5.74. The Labute approximate surface area is 121 Å². The molecule has 2 rings (SSSR count). The predicted octanol–water partition coefficient (Wildman–Crippen LogP) is 2.64. The van der Waals surface area contributed by atoms with Gasteiger partial charge in [0.1, 0.15) is 0 Å². The monoisotopic (exact) mass is 324 g/mol. The van der Waals surface area contributed by atoms with Crippen molar-refractivity contribution < 1.29 is 9.59 Å². The van der Waals surface area contributed by atoms with Crippen molar-refractivity contribution in [2.45, 2.75) is 26.3 Å². The first-order valence-electron chi connectivity index (χ1n) is 6.33. The second-order valence-electron chi connectivity index (χ2n) is 5.04. The van der Waals surface area contributed by atoms with E-state index in [1.165, 1.54) is 0 Å². The topological polar surface area (TPSA) is 49.4 Å². The Morgan fingerprint density at radius 3 is 2.53 bits per heavy atom. The summed E-state index contributed by atoms with van der Waals surface area (Å²) < 4.78 is 0.965. The molecule has 0 spiro atoms. The first-order chi connectivity index (χ1) is 8.97. The van der Waals surface area contributed by atoms with Gasteiger partial charge in [-0.1, -0.05) is 15.9 Å². The van der Waals surface area contributed by atoms with E-state index in [1.54, 1.807) is 4.90 Å². The van der Waals surface area contributed by atoms with Crippen LogP contribution in [0.1, 0.15) is 20.3 Å².